The SMILES string of the molecule is CCCCCN(CCCCC)C(=O)[C@H](N)CCCC.Cl. The molecule has 0 saturated heterocycles. The van der Waals surface area contributed by atoms with Gasteiger partial charge in [-0.25, -0.2) is 0 Å². The summed E-state index contributed by atoms with van der Waals surface area (Å²) >= 11 is 0. The lowest BCUT2D eigenvalue weighted by Crippen LogP contribution is -2.44. The highest BCUT2D eigenvalue weighted by molar-refractivity contribution is 5.85. The van der Waals surface area contributed by atoms with Gasteiger partial charge in [-0.05, 0) is 19.3 Å². The van der Waals surface area contributed by atoms with Crippen molar-refractivity contribution in [2.75, 3.05) is 13.1 Å². The topological polar surface area (TPSA) is 46.3 Å². The highest BCUT2D eigenvalue weighted by Crippen LogP contribution is 2.07. The first kappa shape index (κ1) is 22.0. The zero-order valence-electron chi connectivity index (χ0n) is 13.7. The predicted octanol–water partition coefficient (Wildman–Crippen LogP) is 4.13. The summed E-state index contributed by atoms with van der Waals surface area (Å²) in [5.41, 5.74) is 6.02. The summed E-state index contributed by atoms with van der Waals surface area (Å²) in [5.74, 6) is 0.167. The van der Waals surface area contributed by atoms with E-state index in [0.717, 1.165) is 45.2 Å². The lowest BCUT2D eigenvalue weighted by Gasteiger charge is -2.26. The van der Waals surface area contributed by atoms with E-state index >= 15 is 0 Å². The van der Waals surface area contributed by atoms with Crippen LogP contribution in [0.2, 0.25) is 0 Å². The quantitative estimate of drug-likeness (QED) is 0.551. The Balaban J connectivity index is 0. The maximum atomic E-state index is 12.3. The van der Waals surface area contributed by atoms with E-state index in [2.05, 4.69) is 20.8 Å². The van der Waals surface area contributed by atoms with Crippen LogP contribution in [-0.4, -0.2) is 29.9 Å². The second-order valence-corrected chi connectivity index (χ2v) is 5.49. The molecule has 0 bridgehead atoms. The molecule has 0 aliphatic heterocycles. The summed E-state index contributed by atoms with van der Waals surface area (Å²) in [4.78, 5) is 14.3. The fourth-order valence-electron chi connectivity index (χ4n) is 2.22. The average molecular weight is 307 g/mol. The third-order valence-electron chi connectivity index (χ3n) is 3.56. The summed E-state index contributed by atoms with van der Waals surface area (Å²) < 4.78 is 0. The minimum absolute atomic E-state index is 0. The first-order valence-corrected chi connectivity index (χ1v) is 8.21. The smallest absolute Gasteiger partial charge is 0.239 e. The maximum absolute atomic E-state index is 12.3. The van der Waals surface area contributed by atoms with Gasteiger partial charge in [0.2, 0.25) is 5.91 Å². The van der Waals surface area contributed by atoms with Crippen molar-refractivity contribution in [3.8, 4) is 0 Å². The van der Waals surface area contributed by atoms with Crippen LogP contribution in [0.4, 0.5) is 0 Å². The van der Waals surface area contributed by atoms with Crippen LogP contribution in [0.5, 0.6) is 0 Å². The van der Waals surface area contributed by atoms with Gasteiger partial charge in [0, 0.05) is 13.1 Å². The number of hydrogen-bond donors (Lipinski definition) is 1. The van der Waals surface area contributed by atoms with Crippen molar-refractivity contribution in [2.24, 2.45) is 5.73 Å². The van der Waals surface area contributed by atoms with Crippen LogP contribution in [0.15, 0.2) is 0 Å². The van der Waals surface area contributed by atoms with Gasteiger partial charge in [0.25, 0.3) is 0 Å². The van der Waals surface area contributed by atoms with E-state index in [9.17, 15) is 4.79 Å². The molecule has 2 N–H and O–H groups in total. The van der Waals surface area contributed by atoms with E-state index in [1.807, 2.05) is 4.90 Å². The van der Waals surface area contributed by atoms with Gasteiger partial charge in [-0.15, -0.1) is 12.4 Å². The summed E-state index contributed by atoms with van der Waals surface area (Å²) in [6.45, 7) is 8.29. The Labute approximate surface area is 132 Å². The second kappa shape index (κ2) is 15.1. The van der Waals surface area contributed by atoms with Crippen LogP contribution in [0.3, 0.4) is 0 Å². The van der Waals surface area contributed by atoms with Crippen molar-refractivity contribution in [3.63, 3.8) is 0 Å². The molecule has 122 valence electrons. The van der Waals surface area contributed by atoms with Crippen molar-refractivity contribution in [3.05, 3.63) is 0 Å². The second-order valence-electron chi connectivity index (χ2n) is 5.49. The predicted molar refractivity (Wildman–Crippen MR) is 90.4 cm³/mol. The van der Waals surface area contributed by atoms with E-state index in [1.165, 1.54) is 25.7 Å². The first-order chi connectivity index (χ1) is 9.17. The summed E-state index contributed by atoms with van der Waals surface area (Å²) in [6, 6.07) is -0.289. The summed E-state index contributed by atoms with van der Waals surface area (Å²) in [5, 5.41) is 0. The number of rotatable bonds is 12. The van der Waals surface area contributed by atoms with Gasteiger partial charge < -0.3 is 10.6 Å². The normalized spacial score (nSPS) is 11.8. The number of nitrogens with two attached hydrogens (primary N) is 1. The van der Waals surface area contributed by atoms with E-state index in [0.29, 0.717) is 0 Å². The van der Waals surface area contributed by atoms with E-state index < -0.39 is 0 Å². The van der Waals surface area contributed by atoms with Crippen LogP contribution >= 0.6 is 12.4 Å². The number of nitrogens with zero attached hydrogens (tertiary/aromatic N) is 1. The van der Waals surface area contributed by atoms with Crippen LogP contribution in [0, 0.1) is 0 Å². The van der Waals surface area contributed by atoms with Crippen molar-refractivity contribution >= 4 is 18.3 Å². The zero-order chi connectivity index (χ0) is 14.5. The average Bonchev–Trinajstić information content (AvgIpc) is 2.42. The fourth-order valence-corrected chi connectivity index (χ4v) is 2.22. The molecule has 0 aliphatic carbocycles. The molecule has 0 radical (unpaired) electrons. The third kappa shape index (κ3) is 10.5. The molecular formula is C16H35ClN2O. The molecule has 0 spiro atoms. The standard InChI is InChI=1S/C16H34N2O.ClH/c1-4-7-10-13-18(14-11-8-5-2)16(19)15(17)12-9-6-3;/h15H,4-14,17H2,1-3H3;1H/t15-;/m1./s1. The third-order valence-corrected chi connectivity index (χ3v) is 3.56. The molecule has 1 amide bonds. The maximum Gasteiger partial charge on any atom is 0.239 e. The van der Waals surface area contributed by atoms with Crippen molar-refractivity contribution in [1.29, 1.82) is 0 Å². The number of carbonyl (C=O) groups is 1. The summed E-state index contributed by atoms with van der Waals surface area (Å²) in [7, 11) is 0. The lowest BCUT2D eigenvalue weighted by atomic mass is 10.1. The van der Waals surface area contributed by atoms with Crippen LogP contribution in [0.1, 0.15) is 78.6 Å². The van der Waals surface area contributed by atoms with Crippen LogP contribution < -0.4 is 5.73 Å². The number of amides is 1. The van der Waals surface area contributed by atoms with E-state index in [1.54, 1.807) is 0 Å². The molecule has 4 heteroatoms. The van der Waals surface area contributed by atoms with Gasteiger partial charge in [0.1, 0.15) is 0 Å². The van der Waals surface area contributed by atoms with E-state index in [4.69, 9.17) is 5.73 Å². The van der Waals surface area contributed by atoms with Gasteiger partial charge in [-0.1, -0.05) is 59.3 Å². The Morgan fingerprint density at radius 2 is 1.35 bits per heavy atom. The number of unbranched alkanes of at least 4 members (excludes halogenated alkanes) is 5. The largest absolute Gasteiger partial charge is 0.341 e. The van der Waals surface area contributed by atoms with Crippen molar-refractivity contribution < 1.29 is 4.79 Å². The van der Waals surface area contributed by atoms with Gasteiger partial charge in [0.05, 0.1) is 6.04 Å². The zero-order valence-corrected chi connectivity index (χ0v) is 14.5. The molecule has 0 aromatic rings. The Hall–Kier alpha value is -0.280. The van der Waals surface area contributed by atoms with Gasteiger partial charge in [0.15, 0.2) is 0 Å². The molecule has 0 unspecified atom stereocenters. The Bertz CT molecular complexity index is 215. The molecule has 3 nitrogen and oxygen atoms in total. The molecule has 0 aromatic heterocycles. The molecule has 0 aromatic carbocycles. The highest BCUT2D eigenvalue weighted by atomic mass is 35.5. The highest BCUT2D eigenvalue weighted by Gasteiger charge is 2.19. The molecular weight excluding hydrogens is 272 g/mol. The molecule has 1 atom stereocenters. The van der Waals surface area contributed by atoms with E-state index in [-0.39, 0.29) is 24.4 Å². The van der Waals surface area contributed by atoms with Crippen LogP contribution in [-0.2, 0) is 4.79 Å². The van der Waals surface area contributed by atoms with Crippen molar-refractivity contribution in [1.82, 2.24) is 4.90 Å². The van der Waals surface area contributed by atoms with Gasteiger partial charge in [-0.2, -0.15) is 0 Å². The Kier molecular flexibility index (Phi) is 16.6. The Morgan fingerprint density at radius 3 is 1.75 bits per heavy atom. The molecule has 0 rings (SSSR count). The fraction of sp³-hybridized carbons (Fsp3) is 0.938. The van der Waals surface area contributed by atoms with Gasteiger partial charge >= 0.3 is 0 Å². The molecule has 0 heterocycles. The molecule has 0 saturated carbocycles. The minimum atomic E-state index is -0.289. The molecule has 0 aliphatic rings. The number of carbonyl (C=O) groups excluding carboxylic acids is 1. The number of halogens is 1. The lowest BCUT2D eigenvalue weighted by molar-refractivity contribution is -0.133. The van der Waals surface area contributed by atoms with Crippen molar-refractivity contribution in [2.45, 2.75) is 84.6 Å². The minimum Gasteiger partial charge on any atom is -0.341 e. The summed E-state index contributed by atoms with van der Waals surface area (Å²) in [6.07, 6.45) is 9.97. The van der Waals surface area contributed by atoms with Crippen LogP contribution in [0.25, 0.3) is 0 Å². The van der Waals surface area contributed by atoms with Gasteiger partial charge in [-0.3, -0.25) is 4.79 Å². The first-order valence-electron chi connectivity index (χ1n) is 8.21. The Morgan fingerprint density at radius 1 is 0.900 bits per heavy atom. The monoisotopic (exact) mass is 306 g/mol. The molecule has 0 fully saturated rings. The number of hydrogen-bond acceptors (Lipinski definition) is 2. The molecule has 20 heavy (non-hydrogen) atoms.